The van der Waals surface area contributed by atoms with Crippen molar-refractivity contribution in [2.75, 3.05) is 25.0 Å². The summed E-state index contributed by atoms with van der Waals surface area (Å²) in [5.74, 6) is 0.0244. The first-order valence-corrected chi connectivity index (χ1v) is 10.9. The van der Waals surface area contributed by atoms with Gasteiger partial charge in [0.25, 0.3) is 0 Å². The van der Waals surface area contributed by atoms with E-state index in [-0.39, 0.29) is 11.7 Å². The van der Waals surface area contributed by atoms with Crippen molar-refractivity contribution in [1.82, 2.24) is 9.88 Å². The van der Waals surface area contributed by atoms with Gasteiger partial charge >= 0.3 is 0 Å². The summed E-state index contributed by atoms with van der Waals surface area (Å²) in [6.45, 7) is 2.05. The van der Waals surface area contributed by atoms with Gasteiger partial charge in [0, 0.05) is 28.5 Å². The highest BCUT2D eigenvalue weighted by molar-refractivity contribution is 6.30. The molecule has 1 N–H and O–H groups in total. The average molecular weight is 438 g/mol. The first-order valence-electron chi connectivity index (χ1n) is 10.5. The van der Waals surface area contributed by atoms with E-state index in [0.29, 0.717) is 18.2 Å². The Labute approximate surface area is 187 Å². The van der Waals surface area contributed by atoms with Crippen molar-refractivity contribution in [3.05, 3.63) is 94.5 Å². The number of anilines is 1. The summed E-state index contributed by atoms with van der Waals surface area (Å²) in [6, 6.07) is 18.0. The fraction of sp³-hybridized carbons (Fsp3) is 0.280. The Bertz CT molecular complexity index is 1020. The summed E-state index contributed by atoms with van der Waals surface area (Å²) in [6.07, 6.45) is 4.73. The fourth-order valence-electron chi connectivity index (χ4n) is 3.99. The number of amides is 1. The van der Waals surface area contributed by atoms with Gasteiger partial charge in [-0.25, -0.2) is 4.39 Å². The van der Waals surface area contributed by atoms with Gasteiger partial charge in [0.2, 0.25) is 5.91 Å². The van der Waals surface area contributed by atoms with E-state index >= 15 is 0 Å². The molecular formula is C25H25ClFN3O. The van der Waals surface area contributed by atoms with Crippen LogP contribution in [0.4, 0.5) is 10.1 Å². The first-order chi connectivity index (χ1) is 15.0. The van der Waals surface area contributed by atoms with E-state index in [1.165, 1.54) is 23.3 Å². The zero-order valence-corrected chi connectivity index (χ0v) is 18.0. The molecule has 0 radical (unpaired) electrons. The van der Waals surface area contributed by atoms with E-state index in [1.54, 1.807) is 12.1 Å². The normalized spacial score (nSPS) is 15.0. The summed E-state index contributed by atoms with van der Waals surface area (Å²) >= 11 is 6.07. The largest absolute Gasteiger partial charge is 0.325 e. The minimum Gasteiger partial charge on any atom is -0.325 e. The predicted molar refractivity (Wildman–Crippen MR) is 122 cm³/mol. The summed E-state index contributed by atoms with van der Waals surface area (Å²) < 4.78 is 13.0. The van der Waals surface area contributed by atoms with Crippen LogP contribution in [-0.2, 0) is 11.2 Å². The standard InChI is InChI=1S/C25H25ClFN3O/c26-21-3-1-2-18(15-21)14-19-4-9-24(28-16-19)20-10-12-30(13-11-20)17-25(31)29-23-7-5-22(27)6-8-23/h1-9,15-16,20H,10-14,17H2,(H,29,31). The summed E-state index contributed by atoms with van der Waals surface area (Å²) in [4.78, 5) is 19.1. The van der Waals surface area contributed by atoms with Crippen molar-refractivity contribution in [1.29, 1.82) is 0 Å². The summed E-state index contributed by atoms with van der Waals surface area (Å²) in [5, 5.41) is 3.57. The highest BCUT2D eigenvalue weighted by atomic mass is 35.5. The molecule has 1 amide bonds. The number of carbonyl (C=O) groups is 1. The molecule has 160 valence electrons. The molecule has 3 aromatic rings. The molecule has 1 saturated heterocycles. The van der Waals surface area contributed by atoms with Crippen LogP contribution < -0.4 is 5.32 Å². The predicted octanol–water partition coefficient (Wildman–Crippen LogP) is 5.28. The number of carbonyl (C=O) groups excluding carboxylic acids is 1. The Morgan fingerprint density at radius 2 is 1.84 bits per heavy atom. The molecule has 2 aromatic carbocycles. The van der Waals surface area contributed by atoms with E-state index < -0.39 is 0 Å². The van der Waals surface area contributed by atoms with Crippen molar-refractivity contribution in [3.63, 3.8) is 0 Å². The maximum atomic E-state index is 13.0. The number of hydrogen-bond donors (Lipinski definition) is 1. The first kappa shape index (κ1) is 21.5. The molecule has 0 atom stereocenters. The van der Waals surface area contributed by atoms with Crippen molar-refractivity contribution >= 4 is 23.2 Å². The minimum absolute atomic E-state index is 0.0754. The maximum absolute atomic E-state index is 13.0. The zero-order chi connectivity index (χ0) is 21.6. The molecule has 0 aliphatic carbocycles. The quantitative estimate of drug-likeness (QED) is 0.570. The van der Waals surface area contributed by atoms with Gasteiger partial charge in [0.15, 0.2) is 0 Å². The van der Waals surface area contributed by atoms with Gasteiger partial charge in [-0.05, 0) is 85.9 Å². The number of nitrogens with zero attached hydrogens (tertiary/aromatic N) is 2. The smallest absolute Gasteiger partial charge is 0.238 e. The molecular weight excluding hydrogens is 413 g/mol. The molecule has 0 spiro atoms. The van der Waals surface area contributed by atoms with Gasteiger partial charge in [-0.15, -0.1) is 0 Å². The third kappa shape index (κ3) is 6.12. The second-order valence-electron chi connectivity index (χ2n) is 8.00. The van der Waals surface area contributed by atoms with Crippen molar-refractivity contribution < 1.29 is 9.18 Å². The molecule has 2 heterocycles. The Balaban J connectivity index is 1.25. The monoisotopic (exact) mass is 437 g/mol. The van der Waals surface area contributed by atoms with Gasteiger partial charge in [0.05, 0.1) is 6.54 Å². The van der Waals surface area contributed by atoms with Crippen molar-refractivity contribution in [3.8, 4) is 0 Å². The SMILES string of the molecule is O=C(CN1CCC(c2ccc(Cc3cccc(Cl)c3)cn2)CC1)Nc1ccc(F)cc1. The molecule has 4 rings (SSSR count). The van der Waals surface area contributed by atoms with Crippen molar-refractivity contribution in [2.45, 2.75) is 25.2 Å². The van der Waals surface area contributed by atoms with Gasteiger partial charge in [0.1, 0.15) is 5.82 Å². The lowest BCUT2D eigenvalue weighted by atomic mass is 9.92. The summed E-state index contributed by atoms with van der Waals surface area (Å²) in [5.41, 5.74) is 4.07. The lowest BCUT2D eigenvalue weighted by molar-refractivity contribution is -0.117. The molecule has 1 aliphatic heterocycles. The van der Waals surface area contributed by atoms with Crippen LogP contribution in [0.15, 0.2) is 66.9 Å². The van der Waals surface area contributed by atoms with E-state index in [1.807, 2.05) is 24.4 Å². The molecule has 1 aromatic heterocycles. The topological polar surface area (TPSA) is 45.2 Å². The second-order valence-corrected chi connectivity index (χ2v) is 8.44. The fourth-order valence-corrected chi connectivity index (χ4v) is 4.20. The maximum Gasteiger partial charge on any atom is 0.238 e. The number of hydrogen-bond acceptors (Lipinski definition) is 3. The number of benzene rings is 2. The van der Waals surface area contributed by atoms with E-state index in [2.05, 4.69) is 28.4 Å². The minimum atomic E-state index is -0.314. The van der Waals surface area contributed by atoms with Crippen LogP contribution in [0.5, 0.6) is 0 Å². The third-order valence-corrected chi connectivity index (χ3v) is 5.88. The molecule has 0 bridgehead atoms. The Morgan fingerprint density at radius 3 is 2.52 bits per heavy atom. The Morgan fingerprint density at radius 1 is 1.06 bits per heavy atom. The number of likely N-dealkylation sites (tertiary alicyclic amines) is 1. The lowest BCUT2D eigenvalue weighted by Crippen LogP contribution is -2.38. The van der Waals surface area contributed by atoms with Gasteiger partial charge in [-0.3, -0.25) is 14.7 Å². The van der Waals surface area contributed by atoms with E-state index in [0.717, 1.165) is 43.1 Å². The van der Waals surface area contributed by atoms with Crippen molar-refractivity contribution in [2.24, 2.45) is 0 Å². The molecule has 31 heavy (non-hydrogen) atoms. The molecule has 0 saturated carbocycles. The molecule has 1 aliphatic rings. The molecule has 0 unspecified atom stereocenters. The van der Waals surface area contributed by atoms with Crippen LogP contribution >= 0.6 is 11.6 Å². The molecule has 1 fully saturated rings. The Kier molecular flexibility index (Phi) is 6.95. The van der Waals surface area contributed by atoms with Crippen LogP contribution in [-0.4, -0.2) is 35.4 Å². The average Bonchev–Trinajstić information content (AvgIpc) is 2.77. The number of pyridine rings is 1. The summed E-state index contributed by atoms with van der Waals surface area (Å²) in [7, 11) is 0. The zero-order valence-electron chi connectivity index (χ0n) is 17.2. The molecule has 6 heteroatoms. The number of piperidine rings is 1. The third-order valence-electron chi connectivity index (χ3n) is 5.65. The molecule has 4 nitrogen and oxygen atoms in total. The van der Waals surface area contributed by atoms with Gasteiger partial charge in [-0.1, -0.05) is 29.8 Å². The number of rotatable bonds is 6. The lowest BCUT2D eigenvalue weighted by Gasteiger charge is -2.31. The van der Waals surface area contributed by atoms with Crippen LogP contribution in [0, 0.1) is 5.82 Å². The van der Waals surface area contributed by atoms with Crippen LogP contribution in [0.3, 0.4) is 0 Å². The highest BCUT2D eigenvalue weighted by Gasteiger charge is 2.23. The van der Waals surface area contributed by atoms with Gasteiger partial charge in [-0.2, -0.15) is 0 Å². The number of halogens is 2. The highest BCUT2D eigenvalue weighted by Crippen LogP contribution is 2.27. The van der Waals surface area contributed by atoms with Crippen LogP contribution in [0.2, 0.25) is 5.02 Å². The number of nitrogens with one attached hydrogen (secondary N) is 1. The second kappa shape index (κ2) is 10.0. The van der Waals surface area contributed by atoms with E-state index in [4.69, 9.17) is 16.6 Å². The van der Waals surface area contributed by atoms with Gasteiger partial charge < -0.3 is 5.32 Å². The number of aromatic nitrogens is 1. The Hall–Kier alpha value is -2.76. The van der Waals surface area contributed by atoms with Crippen LogP contribution in [0.25, 0.3) is 0 Å². The van der Waals surface area contributed by atoms with E-state index in [9.17, 15) is 9.18 Å². The van der Waals surface area contributed by atoms with Crippen LogP contribution in [0.1, 0.15) is 35.6 Å².